The monoisotopic (exact) mass is 558 g/mol. The number of halogens is 6. The molecule has 16 heteroatoms. The number of nitrogens with one attached hydrogen (secondary N) is 1. The maximum Gasteiger partial charge on any atom is 0.408 e. The molecule has 39 heavy (non-hydrogen) atoms. The van der Waals surface area contributed by atoms with Crippen LogP contribution in [-0.4, -0.2) is 93.1 Å². The molecule has 5 rings (SSSR count). The number of ether oxygens (including phenoxy) is 2. The summed E-state index contributed by atoms with van der Waals surface area (Å²) in [6.07, 6.45) is -3.42. The molecule has 1 saturated heterocycles. The average molecular weight is 558 g/mol. The van der Waals surface area contributed by atoms with E-state index in [9.17, 15) is 22.0 Å². The van der Waals surface area contributed by atoms with Crippen LogP contribution in [0, 0.1) is 5.82 Å². The van der Waals surface area contributed by atoms with Crippen LogP contribution in [0.2, 0.25) is 0 Å². The minimum atomic E-state index is -4.54. The number of rotatable bonds is 8. The predicted molar refractivity (Wildman–Crippen MR) is 127 cm³/mol. The molecule has 1 aliphatic rings. The molecule has 1 N–H and O–H groups in total. The molecule has 0 spiro atoms. The number of hydrogen-bond donors (Lipinski definition) is 1. The number of piperidine rings is 1. The van der Waals surface area contributed by atoms with E-state index >= 15 is 4.39 Å². The molecule has 0 saturated carbocycles. The Labute approximate surface area is 217 Å². The van der Waals surface area contributed by atoms with Crippen LogP contribution in [-0.2, 0) is 11.3 Å². The average Bonchev–Trinajstić information content (AvgIpc) is 3.41. The van der Waals surface area contributed by atoms with Crippen LogP contribution in [0.15, 0.2) is 24.4 Å². The summed E-state index contributed by atoms with van der Waals surface area (Å²) in [6, 6.07) is 2.93. The lowest BCUT2D eigenvalue weighted by atomic mass is 10.0. The lowest BCUT2D eigenvalue weighted by Gasteiger charge is -2.38. The predicted octanol–water partition coefficient (Wildman–Crippen LogP) is 3.62. The van der Waals surface area contributed by atoms with Crippen molar-refractivity contribution >= 4 is 22.5 Å². The Balaban J connectivity index is 1.48. The van der Waals surface area contributed by atoms with Crippen molar-refractivity contribution in [3.05, 3.63) is 30.2 Å². The van der Waals surface area contributed by atoms with Crippen molar-refractivity contribution in [1.82, 2.24) is 34.5 Å². The summed E-state index contributed by atoms with van der Waals surface area (Å²) in [7, 11) is 2.77. The molecule has 1 aromatic carbocycles. The van der Waals surface area contributed by atoms with Crippen LogP contribution < -0.4 is 10.1 Å². The summed E-state index contributed by atoms with van der Waals surface area (Å²) in [5, 5.41) is 14.1. The molecule has 4 heterocycles. The number of alkyl halides is 5. The molecule has 10 nitrogen and oxygen atoms in total. The third-order valence-electron chi connectivity index (χ3n) is 6.47. The Hall–Kier alpha value is -3.66. The standard InChI is InChI=1S/C23H24F6N8O2/c1-38-8-7-35-6-5-17(22(25,26)11-35)30-21-31-20(39-2)19-18(14(24)10-36(19)33-21)13-3-4-15-16(9-13)37(34-32-15)12-23(27,28)29/h3-4,9-10,17H,5-8,11-12H2,1-2H3,(H,30,33)/t17-/m1/s1. The zero-order valence-corrected chi connectivity index (χ0v) is 20.8. The first-order valence-electron chi connectivity index (χ1n) is 11.9. The second-order valence-corrected chi connectivity index (χ2v) is 9.17. The quantitative estimate of drug-likeness (QED) is 0.328. The van der Waals surface area contributed by atoms with E-state index in [1.165, 1.54) is 32.4 Å². The Kier molecular flexibility index (Phi) is 7.00. The van der Waals surface area contributed by atoms with E-state index in [1.807, 2.05) is 0 Å². The summed E-state index contributed by atoms with van der Waals surface area (Å²) in [5.74, 6) is -4.19. The number of likely N-dealkylation sites (tertiary alicyclic amines) is 1. The maximum absolute atomic E-state index is 15.2. The lowest BCUT2D eigenvalue weighted by molar-refractivity contribution is -0.142. The number of hydrogen-bond acceptors (Lipinski definition) is 8. The zero-order valence-electron chi connectivity index (χ0n) is 20.8. The van der Waals surface area contributed by atoms with Crippen molar-refractivity contribution in [2.45, 2.75) is 31.1 Å². The van der Waals surface area contributed by atoms with Gasteiger partial charge in [-0.05, 0) is 24.1 Å². The smallest absolute Gasteiger partial charge is 0.408 e. The van der Waals surface area contributed by atoms with Gasteiger partial charge >= 0.3 is 6.18 Å². The van der Waals surface area contributed by atoms with Crippen LogP contribution in [0.25, 0.3) is 27.7 Å². The van der Waals surface area contributed by atoms with E-state index in [0.29, 0.717) is 24.4 Å². The Bertz CT molecular complexity index is 1490. The van der Waals surface area contributed by atoms with Gasteiger partial charge in [-0.1, -0.05) is 11.3 Å². The normalized spacial score (nSPS) is 18.2. The first-order valence-corrected chi connectivity index (χ1v) is 11.9. The summed E-state index contributed by atoms with van der Waals surface area (Å²) >= 11 is 0. The van der Waals surface area contributed by atoms with Gasteiger partial charge in [0.05, 0.1) is 43.6 Å². The maximum atomic E-state index is 15.2. The van der Waals surface area contributed by atoms with E-state index in [2.05, 4.69) is 25.7 Å². The van der Waals surface area contributed by atoms with Crippen molar-refractivity contribution in [1.29, 1.82) is 0 Å². The van der Waals surface area contributed by atoms with Gasteiger partial charge in [0.25, 0.3) is 5.92 Å². The van der Waals surface area contributed by atoms with Crippen LogP contribution in [0.3, 0.4) is 0 Å². The number of benzene rings is 1. The minimum absolute atomic E-state index is 0.0424. The van der Waals surface area contributed by atoms with Crippen LogP contribution in [0.5, 0.6) is 5.88 Å². The summed E-state index contributed by atoms with van der Waals surface area (Å²) in [4.78, 5) is 5.79. The number of anilines is 1. The Morgan fingerprint density at radius 2 is 2.00 bits per heavy atom. The van der Waals surface area contributed by atoms with Gasteiger partial charge in [-0.3, -0.25) is 4.90 Å². The second kappa shape index (κ2) is 10.1. The Morgan fingerprint density at radius 3 is 2.69 bits per heavy atom. The molecule has 0 bridgehead atoms. The fraction of sp³-hybridized carbons (Fsp3) is 0.478. The van der Waals surface area contributed by atoms with E-state index in [0.717, 1.165) is 10.7 Å². The van der Waals surface area contributed by atoms with Crippen molar-refractivity contribution in [2.24, 2.45) is 0 Å². The van der Waals surface area contributed by atoms with E-state index < -0.39 is 37.0 Å². The van der Waals surface area contributed by atoms with E-state index in [1.54, 1.807) is 4.90 Å². The lowest BCUT2D eigenvalue weighted by Crippen LogP contribution is -2.55. The first-order chi connectivity index (χ1) is 18.5. The van der Waals surface area contributed by atoms with Gasteiger partial charge in [0.15, 0.2) is 5.82 Å². The minimum Gasteiger partial charge on any atom is -0.479 e. The highest BCUT2D eigenvalue weighted by molar-refractivity contribution is 5.89. The molecule has 0 unspecified atom stereocenters. The third-order valence-corrected chi connectivity index (χ3v) is 6.47. The summed E-state index contributed by atoms with van der Waals surface area (Å²) < 4.78 is 96.0. The van der Waals surface area contributed by atoms with Crippen molar-refractivity contribution < 1.29 is 35.8 Å². The molecule has 1 atom stereocenters. The van der Waals surface area contributed by atoms with E-state index in [4.69, 9.17) is 9.47 Å². The van der Waals surface area contributed by atoms with Crippen molar-refractivity contribution in [2.75, 3.05) is 45.8 Å². The molecule has 0 amide bonds. The van der Waals surface area contributed by atoms with Gasteiger partial charge in [0.2, 0.25) is 11.8 Å². The molecule has 0 aliphatic carbocycles. The largest absolute Gasteiger partial charge is 0.479 e. The molecule has 1 fully saturated rings. The highest BCUT2D eigenvalue weighted by Gasteiger charge is 2.45. The van der Waals surface area contributed by atoms with E-state index in [-0.39, 0.29) is 45.9 Å². The van der Waals surface area contributed by atoms with Gasteiger partial charge in [-0.15, -0.1) is 10.2 Å². The number of aromatic nitrogens is 6. The number of nitrogens with zero attached hydrogens (tertiary/aromatic N) is 7. The highest BCUT2D eigenvalue weighted by Crippen LogP contribution is 2.36. The second-order valence-electron chi connectivity index (χ2n) is 9.17. The zero-order chi connectivity index (χ0) is 27.9. The Morgan fingerprint density at radius 1 is 1.21 bits per heavy atom. The van der Waals surface area contributed by atoms with Gasteiger partial charge < -0.3 is 14.8 Å². The van der Waals surface area contributed by atoms with Crippen LogP contribution in [0.1, 0.15) is 6.42 Å². The van der Waals surface area contributed by atoms with Gasteiger partial charge in [0, 0.05) is 20.2 Å². The van der Waals surface area contributed by atoms with Gasteiger partial charge in [-0.2, -0.15) is 18.2 Å². The number of fused-ring (bicyclic) bond motifs is 2. The van der Waals surface area contributed by atoms with Crippen LogP contribution >= 0.6 is 0 Å². The van der Waals surface area contributed by atoms with Crippen molar-refractivity contribution in [3.63, 3.8) is 0 Å². The molecule has 1 aliphatic heterocycles. The summed E-state index contributed by atoms with van der Waals surface area (Å²) in [6.45, 7) is -0.734. The molecular formula is C23H24F6N8O2. The van der Waals surface area contributed by atoms with Crippen LogP contribution in [0.4, 0.5) is 32.3 Å². The third kappa shape index (κ3) is 5.43. The van der Waals surface area contributed by atoms with Gasteiger partial charge in [0.1, 0.15) is 17.6 Å². The summed E-state index contributed by atoms with van der Waals surface area (Å²) in [5.41, 5.74) is 0.454. The molecular weight excluding hydrogens is 534 g/mol. The fourth-order valence-corrected chi connectivity index (χ4v) is 4.66. The topological polar surface area (TPSA) is 94.6 Å². The first kappa shape index (κ1) is 26.9. The molecule has 3 aromatic heterocycles. The molecule has 210 valence electrons. The number of methoxy groups -OCH3 is 2. The molecule has 0 radical (unpaired) electrons. The molecule has 4 aromatic rings. The van der Waals surface area contributed by atoms with Crippen molar-refractivity contribution in [3.8, 4) is 17.0 Å². The van der Waals surface area contributed by atoms with Gasteiger partial charge in [-0.25, -0.2) is 22.4 Å². The highest BCUT2D eigenvalue weighted by atomic mass is 19.4. The SMILES string of the molecule is COCCN1CC[C@@H](Nc2nc(OC)c3c(-c4ccc5nnn(CC(F)(F)F)c5c4)c(F)cn3n2)C(F)(F)C1. The fourth-order valence-electron chi connectivity index (χ4n) is 4.66.